The van der Waals surface area contributed by atoms with Crippen LogP contribution in [0.4, 0.5) is 17.1 Å². The summed E-state index contributed by atoms with van der Waals surface area (Å²) >= 11 is 5.73. The molecule has 1 aliphatic rings. The van der Waals surface area contributed by atoms with Gasteiger partial charge in [0, 0.05) is 18.5 Å². The second-order valence-corrected chi connectivity index (χ2v) is 7.01. The first kappa shape index (κ1) is 15.9. The average molecular weight is 354 g/mol. The van der Waals surface area contributed by atoms with Crippen molar-refractivity contribution in [2.75, 3.05) is 28.1 Å². The van der Waals surface area contributed by atoms with Crippen LogP contribution in [0.3, 0.4) is 0 Å². The van der Waals surface area contributed by atoms with Crippen LogP contribution in [-0.4, -0.2) is 32.9 Å². The molecule has 0 fully saturated rings. The number of halogens is 1. The van der Waals surface area contributed by atoms with Gasteiger partial charge in [-0.1, -0.05) is 12.1 Å². The van der Waals surface area contributed by atoms with Crippen molar-refractivity contribution >= 4 is 38.9 Å². The number of para-hydroxylation sites is 2. The van der Waals surface area contributed by atoms with Crippen molar-refractivity contribution in [2.24, 2.45) is 0 Å². The molecule has 0 atom stereocenters. The van der Waals surface area contributed by atoms with Crippen LogP contribution in [0.15, 0.2) is 42.6 Å². The van der Waals surface area contributed by atoms with E-state index in [1.807, 2.05) is 12.1 Å². The fraction of sp³-hybridized carbons (Fsp3) is 0.267. The van der Waals surface area contributed by atoms with Gasteiger partial charge in [0.25, 0.3) is 0 Å². The minimum absolute atomic E-state index is 0.336. The normalized spacial score (nSPS) is 15.6. The zero-order valence-corrected chi connectivity index (χ0v) is 14.1. The van der Waals surface area contributed by atoms with Gasteiger partial charge in [-0.25, -0.2) is 9.29 Å². The number of hydrogen-bond donors (Lipinski definition) is 0. The highest BCUT2D eigenvalue weighted by molar-refractivity contribution is 7.95. The van der Waals surface area contributed by atoms with Crippen LogP contribution in [0, 0.1) is 0 Å². The summed E-state index contributed by atoms with van der Waals surface area (Å²) in [6, 6.07) is 10.5. The number of alkyl halides is 1. The number of rotatable bonds is 5. The van der Waals surface area contributed by atoms with Crippen molar-refractivity contribution in [1.29, 1.82) is 0 Å². The predicted molar refractivity (Wildman–Crippen MR) is 91.0 cm³/mol. The summed E-state index contributed by atoms with van der Waals surface area (Å²) in [7, 11) is -2.19. The smallest absolute Gasteiger partial charge is 0.331 e. The molecule has 0 unspecified atom stereocenters. The van der Waals surface area contributed by atoms with Gasteiger partial charge in [0.2, 0.25) is 5.88 Å². The van der Waals surface area contributed by atoms with E-state index in [9.17, 15) is 8.42 Å². The molecule has 8 heteroatoms. The molecule has 2 heterocycles. The van der Waals surface area contributed by atoms with Gasteiger partial charge in [-0.05, 0) is 24.6 Å². The van der Waals surface area contributed by atoms with E-state index in [2.05, 4.69) is 4.98 Å². The summed E-state index contributed by atoms with van der Waals surface area (Å²) in [6.45, 7) is 0.336. The number of pyridine rings is 1. The molecule has 23 heavy (non-hydrogen) atoms. The number of methoxy groups -OCH3 is 1. The topological polar surface area (TPSA) is 62.7 Å². The summed E-state index contributed by atoms with van der Waals surface area (Å²) in [5.41, 5.74) is 1.72. The van der Waals surface area contributed by atoms with Crippen LogP contribution < -0.4 is 13.3 Å². The number of aromatic nitrogens is 1. The van der Waals surface area contributed by atoms with Gasteiger partial charge in [0.1, 0.15) is 0 Å². The van der Waals surface area contributed by atoms with Gasteiger partial charge in [0.05, 0.1) is 30.4 Å². The van der Waals surface area contributed by atoms with E-state index in [1.54, 1.807) is 24.3 Å². The van der Waals surface area contributed by atoms with Crippen molar-refractivity contribution in [3.63, 3.8) is 0 Å². The number of anilines is 3. The van der Waals surface area contributed by atoms with Gasteiger partial charge in [-0.3, -0.25) is 4.31 Å². The first-order valence-corrected chi connectivity index (χ1v) is 9.01. The number of hydrogen-bond acceptors (Lipinski definition) is 4. The van der Waals surface area contributed by atoms with Crippen LogP contribution >= 0.6 is 11.6 Å². The molecule has 0 radical (unpaired) electrons. The van der Waals surface area contributed by atoms with E-state index in [0.717, 1.165) is 0 Å². The maximum Gasteiger partial charge on any atom is 0.331 e. The van der Waals surface area contributed by atoms with Crippen molar-refractivity contribution in [3.8, 4) is 5.88 Å². The molecule has 122 valence electrons. The molecule has 1 aliphatic heterocycles. The van der Waals surface area contributed by atoms with Crippen molar-refractivity contribution in [2.45, 2.75) is 6.42 Å². The molecule has 0 N–H and O–H groups in total. The Bertz CT molecular complexity index is 796. The number of nitrogens with zero attached hydrogens (tertiary/aromatic N) is 3. The molecule has 0 aliphatic carbocycles. The fourth-order valence-electron chi connectivity index (χ4n) is 2.52. The third-order valence-electron chi connectivity index (χ3n) is 3.54. The molecule has 2 aromatic rings. The van der Waals surface area contributed by atoms with Crippen LogP contribution in [-0.2, 0) is 10.2 Å². The summed E-state index contributed by atoms with van der Waals surface area (Å²) < 4.78 is 33.6. The summed E-state index contributed by atoms with van der Waals surface area (Å²) in [5, 5.41) is 0. The maximum atomic E-state index is 13.0. The lowest BCUT2D eigenvalue weighted by molar-refractivity contribution is 0.398. The van der Waals surface area contributed by atoms with E-state index in [-0.39, 0.29) is 0 Å². The zero-order chi connectivity index (χ0) is 16.4. The van der Waals surface area contributed by atoms with Gasteiger partial charge in [0.15, 0.2) is 0 Å². The second kappa shape index (κ2) is 6.25. The predicted octanol–water partition coefficient (Wildman–Crippen LogP) is 2.92. The third kappa shape index (κ3) is 2.70. The summed E-state index contributed by atoms with van der Waals surface area (Å²) in [5.74, 6) is 0.829. The number of benzene rings is 1. The Morgan fingerprint density at radius 3 is 2.52 bits per heavy atom. The molecular formula is C15H16ClN3O3S. The Balaban J connectivity index is 2.08. The monoisotopic (exact) mass is 353 g/mol. The lowest BCUT2D eigenvalue weighted by Crippen LogP contribution is -2.36. The lowest BCUT2D eigenvalue weighted by atomic mass is 10.2. The Labute approximate surface area is 140 Å². The molecule has 0 saturated carbocycles. The molecule has 0 saturated heterocycles. The molecule has 0 spiro atoms. The van der Waals surface area contributed by atoms with Crippen LogP contribution in [0.5, 0.6) is 5.88 Å². The van der Waals surface area contributed by atoms with Crippen molar-refractivity contribution < 1.29 is 13.2 Å². The highest BCUT2D eigenvalue weighted by Gasteiger charge is 2.40. The Morgan fingerprint density at radius 1 is 1.17 bits per heavy atom. The number of ether oxygens (including phenoxy) is 1. The minimum atomic E-state index is -3.70. The van der Waals surface area contributed by atoms with E-state index >= 15 is 0 Å². The van der Waals surface area contributed by atoms with E-state index in [1.165, 1.54) is 21.9 Å². The van der Waals surface area contributed by atoms with Crippen LogP contribution in [0.25, 0.3) is 0 Å². The zero-order valence-electron chi connectivity index (χ0n) is 12.5. The lowest BCUT2D eigenvalue weighted by Gasteiger charge is -2.21. The quantitative estimate of drug-likeness (QED) is 0.775. The van der Waals surface area contributed by atoms with Crippen LogP contribution in [0.1, 0.15) is 6.42 Å². The SMILES string of the molecule is COc1ccc(N2c3ccccc3N(CCCCl)S2(=O)=O)cn1. The van der Waals surface area contributed by atoms with Gasteiger partial charge < -0.3 is 4.74 Å². The fourth-order valence-corrected chi connectivity index (χ4v) is 4.38. The van der Waals surface area contributed by atoms with E-state index < -0.39 is 10.2 Å². The standard InChI is InChI=1S/C15H16ClN3O3S/c1-22-15-8-7-12(11-17-15)19-14-6-3-2-5-13(14)18(10-4-9-16)23(19,20)21/h2-3,5-8,11H,4,9-10H2,1H3. The Morgan fingerprint density at radius 2 is 1.91 bits per heavy atom. The highest BCUT2D eigenvalue weighted by atomic mass is 35.5. The largest absolute Gasteiger partial charge is 0.481 e. The highest BCUT2D eigenvalue weighted by Crippen LogP contribution is 2.45. The van der Waals surface area contributed by atoms with Crippen molar-refractivity contribution in [3.05, 3.63) is 42.6 Å². The maximum absolute atomic E-state index is 13.0. The van der Waals surface area contributed by atoms with E-state index in [0.29, 0.717) is 41.8 Å². The van der Waals surface area contributed by atoms with Gasteiger partial charge in [-0.2, -0.15) is 8.42 Å². The Hall–Kier alpha value is -1.99. The first-order valence-electron chi connectivity index (χ1n) is 7.07. The molecule has 6 nitrogen and oxygen atoms in total. The number of fused-ring (bicyclic) bond motifs is 1. The molecule has 1 aromatic heterocycles. The van der Waals surface area contributed by atoms with Gasteiger partial charge in [-0.15, -0.1) is 11.6 Å². The average Bonchev–Trinajstić information content (AvgIpc) is 2.79. The third-order valence-corrected chi connectivity index (χ3v) is 5.61. The second-order valence-electron chi connectivity index (χ2n) is 4.93. The summed E-state index contributed by atoms with van der Waals surface area (Å²) in [4.78, 5) is 4.10. The molecule has 1 aromatic carbocycles. The molecule has 0 amide bonds. The van der Waals surface area contributed by atoms with Gasteiger partial charge >= 0.3 is 10.2 Å². The Kier molecular flexibility index (Phi) is 4.32. The van der Waals surface area contributed by atoms with E-state index in [4.69, 9.17) is 16.3 Å². The molecule has 0 bridgehead atoms. The molecule has 3 rings (SSSR count). The van der Waals surface area contributed by atoms with Crippen LogP contribution in [0.2, 0.25) is 0 Å². The minimum Gasteiger partial charge on any atom is -0.481 e. The first-order chi connectivity index (χ1) is 11.1. The molecular weight excluding hydrogens is 338 g/mol. The summed E-state index contributed by atoms with van der Waals surface area (Å²) in [6.07, 6.45) is 2.06. The van der Waals surface area contributed by atoms with Crippen molar-refractivity contribution in [1.82, 2.24) is 4.98 Å².